The highest BCUT2D eigenvalue weighted by Gasteiger charge is 2.23. The summed E-state index contributed by atoms with van der Waals surface area (Å²) in [5.74, 6) is 1.38. The first-order valence-electron chi connectivity index (χ1n) is 10.1. The van der Waals surface area contributed by atoms with Crippen molar-refractivity contribution in [3.05, 3.63) is 63.7 Å². The van der Waals surface area contributed by atoms with Gasteiger partial charge in [0.2, 0.25) is 0 Å². The highest BCUT2D eigenvalue weighted by Crippen LogP contribution is 2.28. The molecule has 8 heteroatoms. The number of rotatable bonds is 7. The molecule has 0 bridgehead atoms. The third-order valence-electron chi connectivity index (χ3n) is 5.50. The number of hydrogen-bond donors (Lipinski definition) is 1. The van der Waals surface area contributed by atoms with Gasteiger partial charge in [-0.3, -0.25) is 15.0 Å². The van der Waals surface area contributed by atoms with Crippen molar-refractivity contribution in [1.82, 2.24) is 4.90 Å². The van der Waals surface area contributed by atoms with E-state index in [9.17, 15) is 18.5 Å². The van der Waals surface area contributed by atoms with E-state index < -0.39 is 20.4 Å². The molecule has 2 aromatic rings. The smallest absolute Gasteiger partial charge is 0.288 e. The van der Waals surface area contributed by atoms with E-state index in [1.54, 1.807) is 6.07 Å². The molecule has 1 aliphatic rings. The third kappa shape index (κ3) is 5.58. The summed E-state index contributed by atoms with van der Waals surface area (Å²) < 4.78 is 24.0. The summed E-state index contributed by atoms with van der Waals surface area (Å²) in [6.07, 6.45) is 2.25. The maximum atomic E-state index is 12.0. The number of nitrogens with zero attached hydrogens (tertiary/aromatic N) is 2. The van der Waals surface area contributed by atoms with Crippen LogP contribution in [-0.2, 0) is 22.9 Å². The lowest BCUT2D eigenvalue weighted by atomic mass is 9.91. The van der Waals surface area contributed by atoms with E-state index in [1.165, 1.54) is 24.1 Å². The molecule has 0 aliphatic carbocycles. The van der Waals surface area contributed by atoms with Gasteiger partial charge >= 0.3 is 0 Å². The molecule has 2 atom stereocenters. The van der Waals surface area contributed by atoms with Crippen molar-refractivity contribution in [3.8, 4) is 0 Å². The van der Waals surface area contributed by atoms with E-state index in [0.29, 0.717) is 24.1 Å². The molecule has 2 unspecified atom stereocenters. The molecule has 0 radical (unpaired) electrons. The molecule has 2 aromatic carbocycles. The first-order chi connectivity index (χ1) is 14.1. The number of nitro benzene ring substituents is 1. The molecule has 1 heterocycles. The van der Waals surface area contributed by atoms with Crippen molar-refractivity contribution in [1.29, 1.82) is 0 Å². The van der Waals surface area contributed by atoms with Crippen LogP contribution in [0.4, 0.5) is 11.4 Å². The van der Waals surface area contributed by atoms with Crippen LogP contribution < -0.4 is 5.32 Å². The van der Waals surface area contributed by atoms with Gasteiger partial charge in [-0.25, -0.2) is 8.42 Å². The molecular weight excluding hydrogens is 402 g/mol. The maximum Gasteiger partial charge on any atom is 0.288 e. The van der Waals surface area contributed by atoms with Gasteiger partial charge in [-0.2, -0.15) is 0 Å². The molecule has 1 fully saturated rings. The fourth-order valence-corrected chi connectivity index (χ4v) is 5.18. The summed E-state index contributed by atoms with van der Waals surface area (Å²) in [7, 11) is -3.71. The normalized spacial score (nSPS) is 20.1. The molecule has 1 N–H and O–H groups in total. The second-order valence-corrected chi connectivity index (χ2v) is 10.5. The van der Waals surface area contributed by atoms with Crippen molar-refractivity contribution in [3.63, 3.8) is 0 Å². The van der Waals surface area contributed by atoms with Crippen molar-refractivity contribution < 1.29 is 13.3 Å². The lowest BCUT2D eigenvalue weighted by molar-refractivity contribution is -0.387. The molecule has 1 aliphatic heterocycles. The van der Waals surface area contributed by atoms with Crippen LogP contribution >= 0.6 is 0 Å². The fourth-order valence-electron chi connectivity index (χ4n) is 4.32. The summed E-state index contributed by atoms with van der Waals surface area (Å²) in [4.78, 5) is 12.7. The number of sulfone groups is 1. The van der Waals surface area contributed by atoms with Gasteiger partial charge in [-0.15, -0.1) is 0 Å². The van der Waals surface area contributed by atoms with E-state index in [0.717, 1.165) is 31.5 Å². The number of nitrogens with one attached hydrogen (secondary N) is 1. The standard InChI is InChI=1S/C22H29N3O4S/c1-16-10-17(2)14-24(13-16)15-19-7-5-4-6-18(19)12-23-20-8-9-21(25(26)27)22(11-20)30(3,28)29/h4-9,11,16-17,23H,10,12-15H2,1-3H3. The Morgan fingerprint density at radius 2 is 1.73 bits per heavy atom. The molecule has 0 aromatic heterocycles. The van der Waals surface area contributed by atoms with Gasteiger partial charge in [-0.1, -0.05) is 38.1 Å². The molecule has 1 saturated heterocycles. The molecule has 0 spiro atoms. The van der Waals surface area contributed by atoms with Crippen LogP contribution in [0.3, 0.4) is 0 Å². The predicted octanol–water partition coefficient (Wildman–Crippen LogP) is 4.09. The minimum atomic E-state index is -3.71. The highest BCUT2D eigenvalue weighted by molar-refractivity contribution is 7.90. The first kappa shape index (κ1) is 22.2. The Balaban J connectivity index is 1.76. The second kappa shape index (κ2) is 9.14. The van der Waals surface area contributed by atoms with Gasteiger partial charge in [0.15, 0.2) is 9.84 Å². The first-order valence-corrected chi connectivity index (χ1v) is 12.0. The number of nitro groups is 1. The zero-order chi connectivity index (χ0) is 21.9. The monoisotopic (exact) mass is 431 g/mol. The van der Waals surface area contributed by atoms with Crippen molar-refractivity contribution >= 4 is 21.2 Å². The Morgan fingerprint density at radius 1 is 1.10 bits per heavy atom. The van der Waals surface area contributed by atoms with Crippen molar-refractivity contribution in [2.45, 2.75) is 38.3 Å². The van der Waals surface area contributed by atoms with Gasteiger partial charge in [0, 0.05) is 44.2 Å². The lowest BCUT2D eigenvalue weighted by Crippen LogP contribution is -2.38. The van der Waals surface area contributed by atoms with Crippen molar-refractivity contribution in [2.75, 3.05) is 24.7 Å². The average molecular weight is 432 g/mol. The second-order valence-electron chi connectivity index (χ2n) is 8.47. The van der Waals surface area contributed by atoms with Gasteiger partial charge in [0.25, 0.3) is 5.69 Å². The molecule has 3 rings (SSSR count). The molecule has 162 valence electrons. The Kier molecular flexibility index (Phi) is 6.77. The van der Waals surface area contributed by atoms with Gasteiger partial charge in [-0.05, 0) is 41.5 Å². The predicted molar refractivity (Wildman–Crippen MR) is 118 cm³/mol. The van der Waals surface area contributed by atoms with Crippen LogP contribution in [0, 0.1) is 22.0 Å². The molecule has 7 nitrogen and oxygen atoms in total. The fraction of sp³-hybridized carbons (Fsp3) is 0.455. The SMILES string of the molecule is CC1CC(C)CN(Cc2ccccc2CNc2ccc([N+](=O)[O-])c(S(C)(=O)=O)c2)C1. The van der Waals surface area contributed by atoms with Gasteiger partial charge in [0.05, 0.1) is 4.92 Å². The van der Waals surface area contributed by atoms with Gasteiger partial charge < -0.3 is 5.32 Å². The number of benzene rings is 2. The Labute approximate surface area is 178 Å². The van der Waals surface area contributed by atoms with E-state index >= 15 is 0 Å². The Morgan fingerprint density at radius 3 is 2.33 bits per heavy atom. The van der Waals surface area contributed by atoms with Crippen LogP contribution in [0.15, 0.2) is 47.4 Å². The van der Waals surface area contributed by atoms with Gasteiger partial charge in [0.1, 0.15) is 4.90 Å². The van der Waals surface area contributed by atoms with E-state index in [4.69, 9.17) is 0 Å². The topological polar surface area (TPSA) is 92.5 Å². The lowest BCUT2D eigenvalue weighted by Gasteiger charge is -2.35. The van der Waals surface area contributed by atoms with Crippen LogP contribution in [0.25, 0.3) is 0 Å². The van der Waals surface area contributed by atoms with Crippen LogP contribution in [0.1, 0.15) is 31.4 Å². The number of hydrogen-bond acceptors (Lipinski definition) is 6. The summed E-state index contributed by atoms with van der Waals surface area (Å²) in [6.45, 7) is 8.16. The third-order valence-corrected chi connectivity index (χ3v) is 6.62. The average Bonchev–Trinajstić information content (AvgIpc) is 2.65. The molecule has 0 amide bonds. The summed E-state index contributed by atoms with van der Waals surface area (Å²) in [5.41, 5.74) is 2.49. The highest BCUT2D eigenvalue weighted by atomic mass is 32.2. The quantitative estimate of drug-likeness (QED) is 0.524. The minimum absolute atomic E-state index is 0.276. The Bertz CT molecular complexity index is 1010. The number of likely N-dealkylation sites (tertiary alicyclic amines) is 1. The number of piperidine rings is 1. The molecule has 30 heavy (non-hydrogen) atoms. The van der Waals surface area contributed by atoms with E-state index in [-0.39, 0.29) is 4.90 Å². The maximum absolute atomic E-state index is 12.0. The zero-order valence-corrected chi connectivity index (χ0v) is 18.5. The van der Waals surface area contributed by atoms with Crippen LogP contribution in [-0.4, -0.2) is 37.6 Å². The van der Waals surface area contributed by atoms with Crippen LogP contribution in [0.5, 0.6) is 0 Å². The largest absolute Gasteiger partial charge is 0.381 e. The summed E-state index contributed by atoms with van der Waals surface area (Å²) >= 11 is 0. The summed E-state index contributed by atoms with van der Waals surface area (Å²) in [5, 5.41) is 14.4. The van der Waals surface area contributed by atoms with Crippen LogP contribution in [0.2, 0.25) is 0 Å². The molecular formula is C22H29N3O4S. The zero-order valence-electron chi connectivity index (χ0n) is 17.7. The Hall–Kier alpha value is -2.45. The number of anilines is 1. The van der Waals surface area contributed by atoms with E-state index in [1.807, 2.05) is 12.1 Å². The minimum Gasteiger partial charge on any atom is -0.381 e. The van der Waals surface area contributed by atoms with Crippen molar-refractivity contribution in [2.24, 2.45) is 11.8 Å². The summed E-state index contributed by atoms with van der Waals surface area (Å²) in [6, 6.07) is 12.3. The van der Waals surface area contributed by atoms with E-state index in [2.05, 4.69) is 36.2 Å². The molecule has 0 saturated carbocycles.